The Bertz CT molecular complexity index is 840. The summed E-state index contributed by atoms with van der Waals surface area (Å²) in [5, 5.41) is 8.19. The average molecular weight is 386 g/mol. The average Bonchev–Trinajstić information content (AvgIpc) is 3.50. The molecular weight excluding hydrogens is 362 g/mol. The van der Waals surface area contributed by atoms with Crippen molar-refractivity contribution in [2.75, 3.05) is 18.0 Å². The van der Waals surface area contributed by atoms with Crippen LogP contribution in [0.4, 0.5) is 5.82 Å². The van der Waals surface area contributed by atoms with Crippen molar-refractivity contribution in [3.05, 3.63) is 35.1 Å². The second kappa shape index (κ2) is 6.82. The monoisotopic (exact) mass is 385 g/mol. The van der Waals surface area contributed by atoms with Gasteiger partial charge in [-0.25, -0.2) is 4.98 Å². The topological polar surface area (TPSA) is 63.1 Å². The Labute approximate surface area is 163 Å². The zero-order chi connectivity index (χ0) is 18.4. The molecule has 3 fully saturated rings. The SMILES string of the molecule is O=C(NC1CC1)c1cnn(-c2ncccc2Cl)c1N(CC1CC1)CC1CC1. The van der Waals surface area contributed by atoms with Crippen LogP contribution < -0.4 is 10.2 Å². The van der Waals surface area contributed by atoms with Gasteiger partial charge < -0.3 is 10.2 Å². The van der Waals surface area contributed by atoms with Crippen LogP contribution in [0.1, 0.15) is 48.9 Å². The highest BCUT2D eigenvalue weighted by molar-refractivity contribution is 6.32. The highest BCUT2D eigenvalue weighted by Gasteiger charge is 2.34. The van der Waals surface area contributed by atoms with E-state index in [1.165, 1.54) is 25.7 Å². The van der Waals surface area contributed by atoms with Crippen LogP contribution in [0, 0.1) is 11.8 Å². The molecule has 0 aliphatic heterocycles. The largest absolute Gasteiger partial charge is 0.355 e. The Morgan fingerprint density at radius 2 is 1.89 bits per heavy atom. The molecular formula is C20H24ClN5O. The Balaban J connectivity index is 1.56. The van der Waals surface area contributed by atoms with Gasteiger partial charge in [0.25, 0.3) is 5.91 Å². The van der Waals surface area contributed by atoms with Crippen molar-refractivity contribution >= 4 is 23.3 Å². The van der Waals surface area contributed by atoms with Crippen molar-refractivity contribution < 1.29 is 4.79 Å². The van der Waals surface area contributed by atoms with E-state index in [0.717, 1.165) is 31.7 Å². The van der Waals surface area contributed by atoms with E-state index in [2.05, 4.69) is 20.3 Å². The number of amides is 1. The van der Waals surface area contributed by atoms with Gasteiger partial charge in [0.2, 0.25) is 0 Å². The molecule has 0 saturated heterocycles. The number of nitrogens with one attached hydrogen (secondary N) is 1. The van der Waals surface area contributed by atoms with Gasteiger partial charge in [-0.3, -0.25) is 4.79 Å². The Kier molecular flexibility index (Phi) is 4.31. The van der Waals surface area contributed by atoms with Crippen LogP contribution in [0.2, 0.25) is 5.02 Å². The minimum absolute atomic E-state index is 0.0394. The van der Waals surface area contributed by atoms with E-state index in [-0.39, 0.29) is 5.91 Å². The lowest BCUT2D eigenvalue weighted by molar-refractivity contribution is 0.0951. The summed E-state index contributed by atoms with van der Waals surface area (Å²) in [7, 11) is 0. The smallest absolute Gasteiger partial charge is 0.256 e. The van der Waals surface area contributed by atoms with Gasteiger partial charge in [0.05, 0.1) is 11.2 Å². The van der Waals surface area contributed by atoms with Crippen molar-refractivity contribution in [2.24, 2.45) is 11.8 Å². The van der Waals surface area contributed by atoms with Crippen LogP contribution in [-0.4, -0.2) is 39.8 Å². The fourth-order valence-electron chi connectivity index (χ4n) is 3.46. The van der Waals surface area contributed by atoms with E-state index in [4.69, 9.17) is 11.6 Å². The molecule has 142 valence electrons. The normalized spacial score (nSPS) is 19.1. The van der Waals surface area contributed by atoms with E-state index in [9.17, 15) is 4.79 Å². The number of hydrogen-bond acceptors (Lipinski definition) is 4. The number of nitrogens with zero attached hydrogens (tertiary/aromatic N) is 4. The minimum atomic E-state index is -0.0394. The number of pyridine rings is 1. The molecule has 2 heterocycles. The van der Waals surface area contributed by atoms with E-state index >= 15 is 0 Å². The molecule has 0 bridgehead atoms. The molecule has 3 saturated carbocycles. The summed E-state index contributed by atoms with van der Waals surface area (Å²) in [6, 6.07) is 3.93. The maximum atomic E-state index is 12.9. The van der Waals surface area contributed by atoms with Crippen molar-refractivity contribution in [3.63, 3.8) is 0 Å². The van der Waals surface area contributed by atoms with Gasteiger partial charge >= 0.3 is 0 Å². The first-order chi connectivity index (χ1) is 13.2. The standard InChI is InChI=1S/C20H24ClN5O/c21-17-2-1-9-22-18(17)26-20(16(10-23-26)19(27)24-15-7-8-15)25(11-13-3-4-13)12-14-5-6-14/h1-2,9-10,13-15H,3-8,11-12H2,(H,24,27). The molecule has 1 N–H and O–H groups in total. The number of halogens is 1. The Morgan fingerprint density at radius 1 is 1.19 bits per heavy atom. The van der Waals surface area contributed by atoms with E-state index in [1.54, 1.807) is 17.1 Å². The zero-order valence-electron chi connectivity index (χ0n) is 15.3. The maximum absolute atomic E-state index is 12.9. The third-order valence-corrected chi connectivity index (χ3v) is 5.79. The predicted octanol–water partition coefficient (Wildman–Crippen LogP) is 3.44. The summed E-state index contributed by atoms with van der Waals surface area (Å²) < 4.78 is 1.76. The number of carbonyl (C=O) groups excluding carboxylic acids is 1. The number of aromatic nitrogens is 3. The van der Waals surface area contributed by atoms with Crippen molar-refractivity contribution in [1.82, 2.24) is 20.1 Å². The van der Waals surface area contributed by atoms with Gasteiger partial charge in [-0.1, -0.05) is 11.6 Å². The van der Waals surface area contributed by atoms with E-state index in [0.29, 0.717) is 34.3 Å². The second-order valence-electron chi connectivity index (χ2n) is 8.14. The molecule has 7 heteroatoms. The number of carbonyl (C=O) groups is 1. The summed E-state index contributed by atoms with van der Waals surface area (Å²) in [4.78, 5) is 19.7. The lowest BCUT2D eigenvalue weighted by Crippen LogP contribution is -2.33. The summed E-state index contributed by atoms with van der Waals surface area (Å²) >= 11 is 6.41. The first kappa shape index (κ1) is 17.0. The van der Waals surface area contributed by atoms with Crippen molar-refractivity contribution in [3.8, 4) is 5.82 Å². The van der Waals surface area contributed by atoms with Gasteiger partial charge in [-0.05, 0) is 62.5 Å². The molecule has 0 atom stereocenters. The number of anilines is 1. The summed E-state index contributed by atoms with van der Waals surface area (Å²) in [5.41, 5.74) is 0.630. The van der Waals surface area contributed by atoms with E-state index < -0.39 is 0 Å². The summed E-state index contributed by atoms with van der Waals surface area (Å²) in [6.45, 7) is 1.94. The molecule has 3 aliphatic rings. The van der Waals surface area contributed by atoms with Crippen LogP contribution in [0.15, 0.2) is 24.5 Å². The molecule has 2 aromatic heterocycles. The third-order valence-electron chi connectivity index (χ3n) is 5.49. The Hall–Kier alpha value is -2.08. The third kappa shape index (κ3) is 3.81. The molecule has 5 rings (SSSR count). The number of rotatable bonds is 8. The molecule has 0 spiro atoms. The van der Waals surface area contributed by atoms with Crippen molar-refractivity contribution in [1.29, 1.82) is 0 Å². The fraction of sp³-hybridized carbons (Fsp3) is 0.550. The summed E-state index contributed by atoms with van der Waals surface area (Å²) in [5.74, 6) is 2.81. The van der Waals surface area contributed by atoms with Gasteiger partial charge in [-0.15, -0.1) is 0 Å². The highest BCUT2D eigenvalue weighted by atomic mass is 35.5. The molecule has 6 nitrogen and oxygen atoms in total. The van der Waals surface area contributed by atoms with Gasteiger partial charge in [0.1, 0.15) is 11.4 Å². The van der Waals surface area contributed by atoms with Crippen molar-refractivity contribution in [2.45, 2.75) is 44.6 Å². The van der Waals surface area contributed by atoms with Crippen LogP contribution in [0.25, 0.3) is 5.82 Å². The Morgan fingerprint density at radius 3 is 2.48 bits per heavy atom. The lowest BCUT2D eigenvalue weighted by Gasteiger charge is -2.26. The molecule has 2 aromatic rings. The first-order valence-electron chi connectivity index (χ1n) is 9.94. The lowest BCUT2D eigenvalue weighted by atomic mass is 10.2. The molecule has 0 radical (unpaired) electrons. The highest BCUT2D eigenvalue weighted by Crippen LogP contribution is 2.38. The van der Waals surface area contributed by atoms with Gasteiger partial charge in [0, 0.05) is 25.3 Å². The molecule has 0 aromatic carbocycles. The quantitative estimate of drug-likeness (QED) is 0.756. The fourth-order valence-corrected chi connectivity index (χ4v) is 3.66. The zero-order valence-corrected chi connectivity index (χ0v) is 16.0. The molecule has 3 aliphatic carbocycles. The van der Waals surface area contributed by atoms with Gasteiger partial charge in [0.15, 0.2) is 5.82 Å². The number of hydrogen-bond donors (Lipinski definition) is 1. The van der Waals surface area contributed by atoms with Crippen LogP contribution in [0.3, 0.4) is 0 Å². The van der Waals surface area contributed by atoms with Gasteiger partial charge in [-0.2, -0.15) is 9.78 Å². The first-order valence-corrected chi connectivity index (χ1v) is 10.3. The second-order valence-corrected chi connectivity index (χ2v) is 8.55. The molecule has 27 heavy (non-hydrogen) atoms. The molecule has 1 amide bonds. The summed E-state index contributed by atoms with van der Waals surface area (Å²) in [6.07, 6.45) is 10.6. The minimum Gasteiger partial charge on any atom is -0.355 e. The molecule has 0 unspecified atom stereocenters. The van der Waals surface area contributed by atoms with E-state index in [1.807, 2.05) is 12.1 Å². The van der Waals surface area contributed by atoms with Crippen LogP contribution in [-0.2, 0) is 0 Å². The predicted molar refractivity (Wildman–Crippen MR) is 105 cm³/mol. The maximum Gasteiger partial charge on any atom is 0.256 e. The van der Waals surface area contributed by atoms with Crippen LogP contribution in [0.5, 0.6) is 0 Å². The van der Waals surface area contributed by atoms with Crippen LogP contribution >= 0.6 is 11.6 Å².